The van der Waals surface area contributed by atoms with Gasteiger partial charge in [-0.25, -0.2) is 14.8 Å². The van der Waals surface area contributed by atoms with Crippen LogP contribution in [0.25, 0.3) is 5.82 Å². The van der Waals surface area contributed by atoms with Crippen LogP contribution in [0.1, 0.15) is 39.2 Å². The van der Waals surface area contributed by atoms with Crippen LogP contribution < -0.4 is 10.6 Å². The summed E-state index contributed by atoms with van der Waals surface area (Å²) in [5, 5.41) is 5.97. The number of nitrogens with one attached hydrogen (secondary N) is 2. The monoisotopic (exact) mass is 370 g/mol. The second-order valence-electron chi connectivity index (χ2n) is 8.00. The number of amides is 2. The van der Waals surface area contributed by atoms with Crippen LogP contribution in [0.5, 0.6) is 0 Å². The summed E-state index contributed by atoms with van der Waals surface area (Å²) in [7, 11) is 0. The fourth-order valence-electron chi connectivity index (χ4n) is 3.57. The summed E-state index contributed by atoms with van der Waals surface area (Å²) in [5.41, 5.74) is 0.886. The maximum atomic E-state index is 12.3. The molecule has 7 nitrogen and oxygen atoms in total. The molecule has 0 saturated carbocycles. The fourth-order valence-corrected chi connectivity index (χ4v) is 3.57. The maximum absolute atomic E-state index is 12.3. The number of carbonyl (C=O) groups is 1. The van der Waals surface area contributed by atoms with E-state index in [-0.39, 0.29) is 11.6 Å². The van der Waals surface area contributed by atoms with Crippen LogP contribution in [0.4, 0.5) is 4.79 Å². The Morgan fingerprint density at radius 3 is 2.93 bits per heavy atom. The van der Waals surface area contributed by atoms with Gasteiger partial charge in [-0.15, -0.1) is 0 Å². The van der Waals surface area contributed by atoms with Crippen molar-refractivity contribution in [2.75, 3.05) is 19.6 Å². The highest BCUT2D eigenvalue weighted by atomic mass is 16.2. The first kappa shape index (κ1) is 19.4. The van der Waals surface area contributed by atoms with E-state index in [9.17, 15) is 4.79 Å². The van der Waals surface area contributed by atoms with E-state index in [0.29, 0.717) is 13.1 Å². The van der Waals surface area contributed by atoms with Crippen LogP contribution in [0.3, 0.4) is 0 Å². The van der Waals surface area contributed by atoms with E-state index in [2.05, 4.69) is 46.3 Å². The SMILES string of the molecule is CC1CCCN(C(C)(C)CNC(=O)NCc2cccnc2-n2ccnc2)C1. The van der Waals surface area contributed by atoms with Crippen molar-refractivity contribution >= 4 is 6.03 Å². The molecular weight excluding hydrogens is 340 g/mol. The van der Waals surface area contributed by atoms with Gasteiger partial charge in [-0.1, -0.05) is 13.0 Å². The van der Waals surface area contributed by atoms with Crippen molar-refractivity contribution in [3.63, 3.8) is 0 Å². The maximum Gasteiger partial charge on any atom is 0.315 e. The lowest BCUT2D eigenvalue weighted by Crippen LogP contribution is -2.55. The van der Waals surface area contributed by atoms with Gasteiger partial charge in [0.25, 0.3) is 0 Å². The van der Waals surface area contributed by atoms with Gasteiger partial charge >= 0.3 is 6.03 Å². The first-order chi connectivity index (χ1) is 13.0. The Labute approximate surface area is 161 Å². The molecule has 2 aromatic heterocycles. The lowest BCUT2D eigenvalue weighted by atomic mass is 9.93. The Bertz CT molecular complexity index is 743. The normalized spacial score (nSPS) is 18.3. The third-order valence-corrected chi connectivity index (χ3v) is 5.25. The minimum absolute atomic E-state index is 0.0533. The number of hydrogen-bond acceptors (Lipinski definition) is 4. The summed E-state index contributed by atoms with van der Waals surface area (Å²) in [6.07, 6.45) is 9.52. The van der Waals surface area contributed by atoms with E-state index < -0.39 is 0 Å². The quantitative estimate of drug-likeness (QED) is 0.820. The van der Waals surface area contributed by atoms with Crippen molar-refractivity contribution in [3.05, 3.63) is 42.6 Å². The van der Waals surface area contributed by atoms with E-state index in [1.54, 1.807) is 18.7 Å². The average molecular weight is 371 g/mol. The number of urea groups is 1. The Morgan fingerprint density at radius 1 is 1.33 bits per heavy atom. The van der Waals surface area contributed by atoms with Crippen molar-refractivity contribution in [2.24, 2.45) is 5.92 Å². The standard InChI is InChI=1S/C20H30N6O/c1-16-6-5-10-26(13-16)20(2,3)14-24-19(27)23-12-17-7-4-8-22-18(17)25-11-9-21-15-25/h4,7-9,11,15-16H,5-6,10,12-14H2,1-3H3,(H2,23,24,27). The molecule has 0 aromatic carbocycles. The first-order valence-electron chi connectivity index (χ1n) is 9.65. The minimum Gasteiger partial charge on any atom is -0.336 e. The number of nitrogens with zero attached hydrogens (tertiary/aromatic N) is 4. The number of aromatic nitrogens is 3. The zero-order valence-electron chi connectivity index (χ0n) is 16.5. The van der Waals surface area contributed by atoms with Gasteiger partial charge < -0.3 is 10.6 Å². The van der Waals surface area contributed by atoms with Crippen LogP contribution in [0.2, 0.25) is 0 Å². The van der Waals surface area contributed by atoms with Crippen LogP contribution in [0, 0.1) is 5.92 Å². The zero-order chi connectivity index (χ0) is 19.3. The third-order valence-electron chi connectivity index (χ3n) is 5.25. The summed E-state index contributed by atoms with van der Waals surface area (Å²) < 4.78 is 1.84. The van der Waals surface area contributed by atoms with Crippen LogP contribution in [0.15, 0.2) is 37.1 Å². The van der Waals surface area contributed by atoms with Gasteiger partial charge in [0, 0.05) is 49.3 Å². The second kappa shape index (κ2) is 8.52. The molecule has 27 heavy (non-hydrogen) atoms. The number of piperidine rings is 1. The highest BCUT2D eigenvalue weighted by Crippen LogP contribution is 2.23. The highest BCUT2D eigenvalue weighted by Gasteiger charge is 2.30. The van der Waals surface area contributed by atoms with Crippen LogP contribution >= 0.6 is 0 Å². The van der Waals surface area contributed by atoms with Gasteiger partial charge in [-0.05, 0) is 45.2 Å². The summed E-state index contributed by atoms with van der Waals surface area (Å²) in [5.74, 6) is 1.50. The molecule has 0 bridgehead atoms. The smallest absolute Gasteiger partial charge is 0.315 e. The average Bonchev–Trinajstić information content (AvgIpc) is 3.19. The summed E-state index contributed by atoms with van der Waals surface area (Å²) >= 11 is 0. The van der Waals surface area contributed by atoms with Gasteiger partial charge in [-0.3, -0.25) is 9.47 Å². The lowest BCUT2D eigenvalue weighted by molar-refractivity contribution is 0.0724. The number of pyridine rings is 1. The van der Waals surface area contributed by atoms with Crippen molar-refractivity contribution < 1.29 is 4.79 Å². The van der Waals surface area contributed by atoms with E-state index in [1.165, 1.54) is 12.8 Å². The van der Waals surface area contributed by atoms with E-state index in [0.717, 1.165) is 30.4 Å². The molecule has 1 fully saturated rings. The Hall–Kier alpha value is -2.41. The van der Waals surface area contributed by atoms with Gasteiger partial charge in [0.2, 0.25) is 0 Å². The molecule has 7 heteroatoms. The Kier molecular flexibility index (Phi) is 6.11. The van der Waals surface area contributed by atoms with E-state index >= 15 is 0 Å². The van der Waals surface area contributed by atoms with Crippen molar-refractivity contribution in [3.8, 4) is 5.82 Å². The van der Waals surface area contributed by atoms with Crippen molar-refractivity contribution in [2.45, 2.75) is 45.7 Å². The predicted octanol–water partition coefficient (Wildman–Crippen LogP) is 2.58. The van der Waals surface area contributed by atoms with Gasteiger partial charge in [0.1, 0.15) is 12.1 Å². The molecular formula is C20H30N6O. The molecule has 1 aliphatic heterocycles. The first-order valence-corrected chi connectivity index (χ1v) is 9.65. The third kappa shape index (κ3) is 5.07. The summed E-state index contributed by atoms with van der Waals surface area (Å²) in [6.45, 7) is 9.92. The zero-order valence-corrected chi connectivity index (χ0v) is 16.5. The molecule has 3 rings (SSSR count). The van der Waals surface area contributed by atoms with Crippen molar-refractivity contribution in [1.29, 1.82) is 0 Å². The molecule has 0 aliphatic carbocycles. The summed E-state index contributed by atoms with van der Waals surface area (Å²) in [6, 6.07) is 3.67. The molecule has 1 unspecified atom stereocenters. The molecule has 2 amide bonds. The molecule has 2 aromatic rings. The fraction of sp³-hybridized carbons (Fsp3) is 0.550. The Balaban J connectivity index is 1.52. The minimum atomic E-state index is -0.159. The topological polar surface area (TPSA) is 75.1 Å². The number of rotatable bonds is 6. The lowest BCUT2D eigenvalue weighted by Gasteiger charge is -2.43. The van der Waals surface area contributed by atoms with Gasteiger partial charge in [0.05, 0.1) is 0 Å². The predicted molar refractivity (Wildman–Crippen MR) is 106 cm³/mol. The molecule has 0 spiro atoms. The highest BCUT2D eigenvalue weighted by molar-refractivity contribution is 5.74. The number of imidazole rings is 1. The molecule has 1 aliphatic rings. The second-order valence-corrected chi connectivity index (χ2v) is 8.00. The van der Waals surface area contributed by atoms with E-state index in [4.69, 9.17) is 0 Å². The van der Waals surface area contributed by atoms with E-state index in [1.807, 2.05) is 22.9 Å². The molecule has 146 valence electrons. The summed E-state index contributed by atoms with van der Waals surface area (Å²) in [4.78, 5) is 23.3. The van der Waals surface area contributed by atoms with Crippen LogP contribution in [-0.2, 0) is 6.54 Å². The van der Waals surface area contributed by atoms with Gasteiger partial charge in [-0.2, -0.15) is 0 Å². The number of hydrogen-bond donors (Lipinski definition) is 2. The molecule has 2 N–H and O–H groups in total. The molecule has 0 radical (unpaired) electrons. The van der Waals surface area contributed by atoms with Crippen LogP contribution in [-0.4, -0.2) is 50.6 Å². The van der Waals surface area contributed by atoms with Crippen molar-refractivity contribution in [1.82, 2.24) is 30.1 Å². The molecule has 1 atom stereocenters. The number of carbonyl (C=O) groups excluding carboxylic acids is 1. The van der Waals surface area contributed by atoms with Gasteiger partial charge in [0.15, 0.2) is 0 Å². The molecule has 3 heterocycles. The number of likely N-dealkylation sites (tertiary alicyclic amines) is 1. The Morgan fingerprint density at radius 2 is 2.19 bits per heavy atom. The largest absolute Gasteiger partial charge is 0.336 e. The molecule has 1 saturated heterocycles.